The molecule has 0 saturated carbocycles. The third-order valence-corrected chi connectivity index (χ3v) is 4.63. The second kappa shape index (κ2) is 6.40. The van der Waals surface area contributed by atoms with E-state index in [4.69, 9.17) is 9.31 Å². The molecule has 4 nitrogen and oxygen atoms in total. The van der Waals surface area contributed by atoms with Crippen LogP contribution in [0, 0.1) is 17.5 Å². The molecule has 132 valence electrons. The third-order valence-electron chi connectivity index (χ3n) is 4.63. The number of ether oxygens (including phenoxy) is 1. The van der Waals surface area contributed by atoms with E-state index in [1.165, 1.54) is 7.11 Å². The van der Waals surface area contributed by atoms with Crippen LogP contribution in [0.2, 0.25) is 0 Å². The van der Waals surface area contributed by atoms with Crippen molar-refractivity contribution in [2.24, 2.45) is 0 Å². The SMILES string of the molecule is COC(=O)CC(B1OC(C)(C)C(C)(C)O1)c1cc(F)cc(F)c1F. The highest BCUT2D eigenvalue weighted by Crippen LogP contribution is 2.42. The van der Waals surface area contributed by atoms with E-state index < -0.39 is 47.6 Å². The summed E-state index contributed by atoms with van der Waals surface area (Å²) in [5.74, 6) is -5.24. The molecule has 1 aliphatic rings. The minimum atomic E-state index is -1.34. The van der Waals surface area contributed by atoms with Crippen LogP contribution >= 0.6 is 0 Å². The van der Waals surface area contributed by atoms with Gasteiger partial charge >= 0.3 is 13.1 Å². The Bertz CT molecular complexity index is 632. The van der Waals surface area contributed by atoms with Crippen molar-refractivity contribution < 1.29 is 32.0 Å². The van der Waals surface area contributed by atoms with Crippen molar-refractivity contribution in [1.82, 2.24) is 0 Å². The van der Waals surface area contributed by atoms with E-state index in [9.17, 15) is 18.0 Å². The summed E-state index contributed by atoms with van der Waals surface area (Å²) in [5.41, 5.74) is -1.81. The van der Waals surface area contributed by atoms with E-state index >= 15 is 0 Å². The van der Waals surface area contributed by atoms with Gasteiger partial charge in [-0.05, 0) is 39.3 Å². The van der Waals surface area contributed by atoms with Crippen molar-refractivity contribution >= 4 is 13.1 Å². The zero-order chi connectivity index (χ0) is 18.3. The monoisotopic (exact) mass is 344 g/mol. The number of rotatable bonds is 4. The molecule has 1 atom stereocenters. The highest BCUT2D eigenvalue weighted by molar-refractivity contribution is 6.48. The number of esters is 1. The summed E-state index contributed by atoms with van der Waals surface area (Å²) < 4.78 is 57.6. The maximum Gasteiger partial charge on any atom is 0.466 e. The summed E-state index contributed by atoms with van der Waals surface area (Å²) in [6.07, 6.45) is -0.340. The molecule has 0 aromatic heterocycles. The lowest BCUT2D eigenvalue weighted by Gasteiger charge is -2.32. The molecule has 0 N–H and O–H groups in total. The summed E-state index contributed by atoms with van der Waals surface area (Å²) in [6, 6.07) is 1.29. The van der Waals surface area contributed by atoms with Gasteiger partial charge in [0.25, 0.3) is 0 Å². The first-order valence-electron chi connectivity index (χ1n) is 7.55. The highest BCUT2D eigenvalue weighted by atomic mass is 19.2. The lowest BCUT2D eigenvalue weighted by molar-refractivity contribution is -0.140. The van der Waals surface area contributed by atoms with E-state index in [-0.39, 0.29) is 12.0 Å². The number of carbonyl (C=O) groups is 1. The quantitative estimate of drug-likeness (QED) is 0.477. The van der Waals surface area contributed by atoms with Crippen LogP contribution < -0.4 is 0 Å². The number of benzene rings is 1. The van der Waals surface area contributed by atoms with Gasteiger partial charge in [-0.25, -0.2) is 13.2 Å². The molecule has 0 aliphatic carbocycles. The molecule has 1 heterocycles. The van der Waals surface area contributed by atoms with Crippen molar-refractivity contribution in [3.63, 3.8) is 0 Å². The Hall–Kier alpha value is -1.54. The molecule has 0 spiro atoms. The van der Waals surface area contributed by atoms with Gasteiger partial charge in [-0.3, -0.25) is 4.79 Å². The van der Waals surface area contributed by atoms with Crippen LogP contribution in [-0.2, 0) is 18.8 Å². The average molecular weight is 344 g/mol. The van der Waals surface area contributed by atoms with Gasteiger partial charge in [0.1, 0.15) is 5.82 Å². The molecule has 1 saturated heterocycles. The summed E-state index contributed by atoms with van der Waals surface area (Å²) in [5, 5.41) is 0. The second-order valence-electron chi connectivity index (χ2n) is 6.80. The summed E-state index contributed by atoms with van der Waals surface area (Å²) in [7, 11) is 0.122. The zero-order valence-electron chi connectivity index (χ0n) is 14.3. The maximum absolute atomic E-state index is 14.2. The summed E-state index contributed by atoms with van der Waals surface area (Å²) >= 11 is 0. The Morgan fingerprint density at radius 3 is 2.21 bits per heavy atom. The lowest BCUT2D eigenvalue weighted by atomic mass is 9.66. The number of halogens is 3. The van der Waals surface area contributed by atoms with Gasteiger partial charge in [0.2, 0.25) is 0 Å². The van der Waals surface area contributed by atoms with E-state index in [0.717, 1.165) is 6.07 Å². The van der Waals surface area contributed by atoms with E-state index in [0.29, 0.717) is 6.07 Å². The predicted molar refractivity (Wildman–Crippen MR) is 81.8 cm³/mol. The molecular weight excluding hydrogens is 324 g/mol. The van der Waals surface area contributed by atoms with Crippen LogP contribution in [0.15, 0.2) is 12.1 Å². The van der Waals surface area contributed by atoms with Crippen LogP contribution in [0.3, 0.4) is 0 Å². The first kappa shape index (κ1) is 18.8. The van der Waals surface area contributed by atoms with E-state index in [2.05, 4.69) is 4.74 Å². The zero-order valence-corrected chi connectivity index (χ0v) is 14.3. The Kier molecular flexibility index (Phi) is 5.02. The second-order valence-corrected chi connectivity index (χ2v) is 6.80. The van der Waals surface area contributed by atoms with Gasteiger partial charge in [-0.1, -0.05) is 0 Å². The molecule has 1 unspecified atom stereocenters. The van der Waals surface area contributed by atoms with Gasteiger partial charge in [0.15, 0.2) is 11.6 Å². The fraction of sp³-hybridized carbons (Fsp3) is 0.562. The van der Waals surface area contributed by atoms with Crippen molar-refractivity contribution in [2.75, 3.05) is 7.11 Å². The number of methoxy groups -OCH3 is 1. The molecule has 2 rings (SSSR count). The van der Waals surface area contributed by atoms with E-state index in [1.54, 1.807) is 27.7 Å². The molecule has 24 heavy (non-hydrogen) atoms. The largest absolute Gasteiger partial charge is 0.469 e. The minimum absolute atomic E-state index is 0.323. The summed E-state index contributed by atoms with van der Waals surface area (Å²) in [6.45, 7) is 7.13. The predicted octanol–water partition coefficient (Wildman–Crippen LogP) is 3.38. The lowest BCUT2D eigenvalue weighted by Crippen LogP contribution is -2.41. The van der Waals surface area contributed by atoms with Gasteiger partial charge < -0.3 is 14.0 Å². The Morgan fingerprint density at radius 1 is 1.17 bits per heavy atom. The molecule has 1 aliphatic heterocycles. The normalized spacial score (nSPS) is 20.1. The molecular formula is C16H20BF3O4. The van der Waals surface area contributed by atoms with Crippen molar-refractivity contribution in [3.05, 3.63) is 35.1 Å². The van der Waals surface area contributed by atoms with Crippen LogP contribution in [0.1, 0.15) is 45.5 Å². The molecule has 0 amide bonds. The topological polar surface area (TPSA) is 44.8 Å². The van der Waals surface area contributed by atoms with Crippen molar-refractivity contribution in [2.45, 2.75) is 51.1 Å². The minimum Gasteiger partial charge on any atom is -0.469 e. The third kappa shape index (κ3) is 3.44. The molecule has 1 fully saturated rings. The van der Waals surface area contributed by atoms with Gasteiger partial charge in [-0.2, -0.15) is 0 Å². The number of hydrogen-bond acceptors (Lipinski definition) is 4. The van der Waals surface area contributed by atoms with Crippen molar-refractivity contribution in [1.29, 1.82) is 0 Å². The fourth-order valence-corrected chi connectivity index (χ4v) is 2.51. The first-order chi connectivity index (χ1) is 11.0. The molecule has 0 bridgehead atoms. The molecule has 1 aromatic rings. The first-order valence-corrected chi connectivity index (χ1v) is 7.55. The highest BCUT2D eigenvalue weighted by Gasteiger charge is 2.54. The molecule has 0 radical (unpaired) electrons. The fourth-order valence-electron chi connectivity index (χ4n) is 2.51. The Balaban J connectivity index is 2.46. The molecule has 8 heteroatoms. The van der Waals surface area contributed by atoms with Gasteiger partial charge in [-0.15, -0.1) is 0 Å². The smallest absolute Gasteiger partial charge is 0.466 e. The average Bonchev–Trinajstić information content (AvgIpc) is 2.68. The van der Waals surface area contributed by atoms with Crippen LogP contribution in [0.5, 0.6) is 0 Å². The van der Waals surface area contributed by atoms with Crippen molar-refractivity contribution in [3.8, 4) is 0 Å². The van der Waals surface area contributed by atoms with Crippen LogP contribution in [0.4, 0.5) is 13.2 Å². The van der Waals surface area contributed by atoms with Gasteiger partial charge in [0, 0.05) is 11.9 Å². The Morgan fingerprint density at radius 2 is 1.71 bits per heavy atom. The molecule has 1 aromatic carbocycles. The standard InChI is InChI=1S/C16H20BF3O4/c1-15(2)16(3,4)24-17(23-15)11(8-13(21)22-5)10-6-9(18)7-12(19)14(10)20/h6-7,11H,8H2,1-5H3. The summed E-state index contributed by atoms with van der Waals surface area (Å²) in [4.78, 5) is 11.7. The van der Waals surface area contributed by atoms with Gasteiger partial charge in [0.05, 0.1) is 24.7 Å². The maximum atomic E-state index is 14.2. The van der Waals surface area contributed by atoms with Crippen LogP contribution in [-0.4, -0.2) is 31.4 Å². The number of carbonyl (C=O) groups excluding carboxylic acids is 1. The number of hydrogen-bond donors (Lipinski definition) is 0. The van der Waals surface area contributed by atoms with Crippen LogP contribution in [0.25, 0.3) is 0 Å². The van der Waals surface area contributed by atoms with E-state index in [1.807, 2.05) is 0 Å². The Labute approximate surface area is 139 Å².